The Labute approximate surface area is 191 Å². The molecule has 0 radical (unpaired) electrons. The second-order valence-corrected chi connectivity index (χ2v) is 8.55. The summed E-state index contributed by atoms with van der Waals surface area (Å²) in [4.78, 5) is 26.1. The predicted molar refractivity (Wildman–Crippen MR) is 121 cm³/mol. The van der Waals surface area contributed by atoms with Crippen molar-refractivity contribution in [1.82, 2.24) is 29.9 Å². The minimum absolute atomic E-state index is 0.0287. The van der Waals surface area contributed by atoms with Gasteiger partial charge in [0.2, 0.25) is 11.9 Å². The SMILES string of the molecule is CN(C)c1ncc(-c2ccc(Cl)cc2)c([C@@H]2CCCN(C(=O)Cn3cc(CO)nn3)C2)n1. The molecule has 1 amide bonds. The quantitative estimate of drug-likeness (QED) is 0.608. The van der Waals surface area contributed by atoms with Crippen LogP contribution in [0.2, 0.25) is 5.02 Å². The molecule has 4 rings (SSSR count). The van der Waals surface area contributed by atoms with Crippen molar-refractivity contribution in [2.45, 2.75) is 31.9 Å². The minimum atomic E-state index is -0.199. The van der Waals surface area contributed by atoms with Crippen molar-refractivity contribution in [2.75, 3.05) is 32.1 Å². The summed E-state index contributed by atoms with van der Waals surface area (Å²) in [6, 6.07) is 7.65. The number of benzene rings is 1. The first-order valence-corrected chi connectivity index (χ1v) is 10.9. The number of amides is 1. The fraction of sp³-hybridized carbons (Fsp3) is 0.409. The Balaban J connectivity index is 1.59. The van der Waals surface area contributed by atoms with Crippen LogP contribution in [0.4, 0.5) is 5.95 Å². The van der Waals surface area contributed by atoms with Gasteiger partial charge < -0.3 is 14.9 Å². The molecule has 0 unspecified atom stereocenters. The van der Waals surface area contributed by atoms with Crippen LogP contribution in [0, 0.1) is 0 Å². The number of carbonyl (C=O) groups is 1. The summed E-state index contributed by atoms with van der Waals surface area (Å²) in [5, 5.41) is 17.6. The van der Waals surface area contributed by atoms with Crippen LogP contribution in [0.1, 0.15) is 30.1 Å². The highest BCUT2D eigenvalue weighted by molar-refractivity contribution is 6.30. The molecular formula is C22H26ClN7O2. The molecule has 1 aromatic carbocycles. The number of rotatable bonds is 6. The zero-order chi connectivity index (χ0) is 22.7. The highest BCUT2D eigenvalue weighted by Gasteiger charge is 2.28. The van der Waals surface area contributed by atoms with Crippen LogP contribution >= 0.6 is 11.6 Å². The summed E-state index contributed by atoms with van der Waals surface area (Å²) in [5.41, 5.74) is 3.33. The van der Waals surface area contributed by atoms with Gasteiger partial charge in [0, 0.05) is 49.9 Å². The van der Waals surface area contributed by atoms with Crippen molar-refractivity contribution in [2.24, 2.45) is 0 Å². The summed E-state index contributed by atoms with van der Waals surface area (Å²) < 4.78 is 1.46. The van der Waals surface area contributed by atoms with Crippen molar-refractivity contribution in [3.8, 4) is 11.1 Å². The molecule has 0 bridgehead atoms. The Hall–Kier alpha value is -3.04. The lowest BCUT2D eigenvalue weighted by molar-refractivity contribution is -0.133. The summed E-state index contributed by atoms with van der Waals surface area (Å²) in [5.74, 6) is 0.697. The number of likely N-dealkylation sites (tertiary alicyclic amines) is 1. The van der Waals surface area contributed by atoms with E-state index in [9.17, 15) is 4.79 Å². The molecule has 1 N–H and O–H groups in total. The Morgan fingerprint density at radius 3 is 2.75 bits per heavy atom. The van der Waals surface area contributed by atoms with Crippen molar-refractivity contribution in [3.63, 3.8) is 0 Å². The third-order valence-electron chi connectivity index (χ3n) is 5.57. The molecular weight excluding hydrogens is 430 g/mol. The van der Waals surface area contributed by atoms with Crippen LogP contribution in [0.25, 0.3) is 11.1 Å². The van der Waals surface area contributed by atoms with Crippen LogP contribution in [0.5, 0.6) is 0 Å². The first-order valence-electron chi connectivity index (χ1n) is 10.5. The lowest BCUT2D eigenvalue weighted by atomic mass is 9.90. The zero-order valence-corrected chi connectivity index (χ0v) is 18.9. The predicted octanol–water partition coefficient (Wildman–Crippen LogP) is 2.35. The first kappa shape index (κ1) is 22.2. The standard InChI is InChI=1S/C22H26ClN7O2/c1-28(2)22-24-10-19(15-5-7-17(23)8-6-15)21(25-22)16-4-3-9-29(11-16)20(32)13-30-12-18(14-31)26-27-30/h5-8,10,12,16,31H,3-4,9,11,13-14H2,1-2H3/t16-/m1/s1. The van der Waals surface area contributed by atoms with Gasteiger partial charge in [-0.2, -0.15) is 0 Å². The molecule has 0 spiro atoms. The van der Waals surface area contributed by atoms with Crippen LogP contribution in [-0.4, -0.2) is 68.1 Å². The van der Waals surface area contributed by atoms with Crippen molar-refractivity contribution in [1.29, 1.82) is 0 Å². The maximum Gasteiger partial charge on any atom is 0.244 e. The van der Waals surface area contributed by atoms with E-state index in [-0.39, 0.29) is 25.0 Å². The molecule has 0 saturated carbocycles. The highest BCUT2D eigenvalue weighted by Crippen LogP contribution is 2.34. The maximum absolute atomic E-state index is 12.9. The minimum Gasteiger partial charge on any atom is -0.390 e. The van der Waals surface area contributed by atoms with E-state index in [0.29, 0.717) is 29.8 Å². The Bertz CT molecular complexity index is 1080. The number of aliphatic hydroxyl groups is 1. The number of halogens is 1. The average Bonchev–Trinajstić information content (AvgIpc) is 3.27. The molecule has 9 nitrogen and oxygen atoms in total. The van der Waals surface area contributed by atoms with E-state index >= 15 is 0 Å². The molecule has 1 atom stereocenters. The Morgan fingerprint density at radius 2 is 2.06 bits per heavy atom. The van der Waals surface area contributed by atoms with Crippen molar-refractivity contribution < 1.29 is 9.90 Å². The summed E-state index contributed by atoms with van der Waals surface area (Å²) in [6.07, 6.45) is 5.27. The van der Waals surface area contributed by atoms with Gasteiger partial charge in [-0.1, -0.05) is 28.9 Å². The molecule has 1 aliphatic heterocycles. The summed E-state index contributed by atoms with van der Waals surface area (Å²) >= 11 is 6.08. The van der Waals surface area contributed by atoms with Gasteiger partial charge in [-0.3, -0.25) is 4.79 Å². The Morgan fingerprint density at radius 1 is 1.28 bits per heavy atom. The monoisotopic (exact) mass is 455 g/mol. The van der Waals surface area contributed by atoms with E-state index in [4.69, 9.17) is 21.7 Å². The van der Waals surface area contributed by atoms with Gasteiger partial charge in [-0.05, 0) is 30.5 Å². The lowest BCUT2D eigenvalue weighted by Crippen LogP contribution is -2.41. The smallest absolute Gasteiger partial charge is 0.244 e. The van der Waals surface area contributed by atoms with E-state index in [0.717, 1.165) is 29.7 Å². The second kappa shape index (κ2) is 9.62. The molecule has 10 heteroatoms. The van der Waals surface area contributed by atoms with Crippen molar-refractivity contribution >= 4 is 23.5 Å². The number of nitrogens with zero attached hydrogens (tertiary/aromatic N) is 7. The van der Waals surface area contributed by atoms with Gasteiger partial charge in [-0.15, -0.1) is 5.10 Å². The van der Waals surface area contributed by atoms with Gasteiger partial charge in [0.15, 0.2) is 0 Å². The van der Waals surface area contributed by atoms with Gasteiger partial charge in [0.05, 0.1) is 18.5 Å². The molecule has 32 heavy (non-hydrogen) atoms. The number of hydrogen-bond donors (Lipinski definition) is 1. The third kappa shape index (κ3) is 4.89. The van der Waals surface area contributed by atoms with Crippen LogP contribution in [-0.2, 0) is 17.9 Å². The highest BCUT2D eigenvalue weighted by atomic mass is 35.5. The van der Waals surface area contributed by atoms with Gasteiger partial charge >= 0.3 is 0 Å². The topological polar surface area (TPSA) is 100 Å². The molecule has 3 aromatic rings. The van der Waals surface area contributed by atoms with Crippen LogP contribution in [0.3, 0.4) is 0 Å². The van der Waals surface area contributed by atoms with Gasteiger partial charge in [0.25, 0.3) is 0 Å². The van der Waals surface area contributed by atoms with Gasteiger partial charge in [-0.25, -0.2) is 14.6 Å². The van der Waals surface area contributed by atoms with E-state index in [1.54, 1.807) is 6.20 Å². The van der Waals surface area contributed by atoms with Crippen LogP contribution < -0.4 is 4.90 Å². The molecule has 0 aliphatic carbocycles. The first-order chi connectivity index (χ1) is 15.4. The van der Waals surface area contributed by atoms with Crippen LogP contribution in [0.15, 0.2) is 36.7 Å². The molecule has 1 aliphatic rings. The third-order valence-corrected chi connectivity index (χ3v) is 5.82. The number of carbonyl (C=O) groups excluding carboxylic acids is 1. The summed E-state index contributed by atoms with van der Waals surface area (Å²) in [7, 11) is 3.83. The average molecular weight is 456 g/mol. The normalized spacial score (nSPS) is 16.2. The van der Waals surface area contributed by atoms with E-state index < -0.39 is 0 Å². The molecule has 168 valence electrons. The zero-order valence-electron chi connectivity index (χ0n) is 18.1. The fourth-order valence-corrected chi connectivity index (χ4v) is 4.04. The largest absolute Gasteiger partial charge is 0.390 e. The number of hydrogen-bond acceptors (Lipinski definition) is 7. The van der Waals surface area contributed by atoms with Crippen molar-refractivity contribution in [3.05, 3.63) is 53.1 Å². The lowest BCUT2D eigenvalue weighted by Gasteiger charge is -2.33. The maximum atomic E-state index is 12.9. The summed E-state index contributed by atoms with van der Waals surface area (Å²) in [6.45, 7) is 1.16. The fourth-order valence-electron chi connectivity index (χ4n) is 3.92. The van der Waals surface area contributed by atoms with E-state index in [2.05, 4.69) is 15.3 Å². The van der Waals surface area contributed by atoms with Gasteiger partial charge in [0.1, 0.15) is 12.2 Å². The number of aromatic nitrogens is 5. The van der Waals surface area contributed by atoms with E-state index in [1.807, 2.05) is 54.4 Å². The number of piperidine rings is 1. The molecule has 1 saturated heterocycles. The number of anilines is 1. The molecule has 3 heterocycles. The van der Waals surface area contributed by atoms with E-state index in [1.165, 1.54) is 4.68 Å². The Kier molecular flexibility index (Phi) is 6.66. The second-order valence-electron chi connectivity index (χ2n) is 8.11. The number of aliphatic hydroxyl groups excluding tert-OH is 1. The molecule has 2 aromatic heterocycles. The molecule has 1 fully saturated rings.